The minimum atomic E-state index is -1.60. The van der Waals surface area contributed by atoms with Crippen molar-refractivity contribution in [1.82, 2.24) is 20.9 Å². The van der Waals surface area contributed by atoms with Crippen LogP contribution in [0.25, 0.3) is 0 Å². The highest BCUT2D eigenvalue weighted by molar-refractivity contribution is 6.38. The maximum atomic E-state index is 13.7. The minimum absolute atomic E-state index is 0.00436. The molecule has 2 aromatic rings. The molecule has 43 heavy (non-hydrogen) atoms. The van der Waals surface area contributed by atoms with E-state index in [1.165, 1.54) is 0 Å². The summed E-state index contributed by atoms with van der Waals surface area (Å²) in [6.07, 6.45) is -1.11. The van der Waals surface area contributed by atoms with Crippen LogP contribution in [-0.4, -0.2) is 71.3 Å². The number of carbonyl (C=O) groups is 5. The topological polar surface area (TPSA) is 157 Å². The molecule has 0 radical (unpaired) electrons. The number of Topliss-reactive ketones (excluding diaryl/α,β-unsaturated/α-hetero) is 1. The van der Waals surface area contributed by atoms with Gasteiger partial charge in [-0.15, -0.1) is 0 Å². The largest absolute Gasteiger partial charge is 0.530 e. The lowest BCUT2D eigenvalue weighted by molar-refractivity contribution is -0.272. The molecule has 2 aliphatic rings. The van der Waals surface area contributed by atoms with Crippen molar-refractivity contribution in [1.29, 1.82) is 0 Å². The van der Waals surface area contributed by atoms with Gasteiger partial charge in [-0.1, -0.05) is 56.3 Å². The Kier molecular flexibility index (Phi) is 11.3. The first-order chi connectivity index (χ1) is 20.3. The number of carbonyl (C=O) groups excluding carboxylic acids is 5. The minimum Gasteiger partial charge on any atom is -0.530 e. The fraction of sp³-hybridized carbons (Fsp3) is 0.469. The zero-order valence-electron chi connectivity index (χ0n) is 25.3. The Morgan fingerprint density at radius 3 is 2.26 bits per heavy atom. The Labute approximate surface area is 252 Å². The highest BCUT2D eigenvalue weighted by atomic mass is 16.5. The number of ether oxygens (including phenoxy) is 1. The summed E-state index contributed by atoms with van der Waals surface area (Å²) in [4.78, 5) is 66.8. The number of hydrogen-bond acceptors (Lipinski definition) is 7. The molecule has 4 amide bonds. The van der Waals surface area contributed by atoms with E-state index in [1.54, 1.807) is 89.2 Å². The van der Waals surface area contributed by atoms with Crippen LogP contribution in [0.1, 0.15) is 52.2 Å². The number of nitrogens with zero attached hydrogens (tertiary/aromatic N) is 1. The van der Waals surface area contributed by atoms with Crippen LogP contribution in [0.15, 0.2) is 54.6 Å². The molecule has 0 aliphatic carbocycles. The quantitative estimate of drug-likeness (QED) is 0.410. The molecule has 0 spiro atoms. The molecule has 2 bridgehead atoms. The first kappa shape index (κ1) is 33.1. The number of nitrogens with one attached hydrogen (secondary N) is 3. The van der Waals surface area contributed by atoms with Gasteiger partial charge < -0.3 is 35.5 Å². The van der Waals surface area contributed by atoms with E-state index >= 15 is 0 Å². The lowest BCUT2D eigenvalue weighted by Gasteiger charge is -2.43. The van der Waals surface area contributed by atoms with Gasteiger partial charge in [-0.3, -0.25) is 19.2 Å². The van der Waals surface area contributed by atoms with Crippen LogP contribution in [0.5, 0.6) is 5.75 Å². The molecule has 11 heteroatoms. The van der Waals surface area contributed by atoms with Crippen molar-refractivity contribution in [2.24, 2.45) is 5.92 Å². The van der Waals surface area contributed by atoms with E-state index in [9.17, 15) is 29.1 Å². The Morgan fingerprint density at radius 2 is 1.67 bits per heavy atom. The molecule has 3 atom stereocenters. The summed E-state index contributed by atoms with van der Waals surface area (Å²) in [6.45, 7) is 9.10. The zero-order chi connectivity index (χ0) is 31.7. The molecule has 2 aliphatic heterocycles. The second-order valence-electron chi connectivity index (χ2n) is 12.0. The van der Waals surface area contributed by atoms with Crippen molar-refractivity contribution in [2.75, 3.05) is 13.2 Å². The molecule has 232 valence electrons. The fourth-order valence-electron chi connectivity index (χ4n) is 4.93. The van der Waals surface area contributed by atoms with Crippen LogP contribution in [0.4, 0.5) is 4.79 Å². The smallest absolute Gasteiger partial charge is 0.290 e. The van der Waals surface area contributed by atoms with Gasteiger partial charge in [0.2, 0.25) is 17.6 Å². The van der Waals surface area contributed by atoms with E-state index in [0.29, 0.717) is 36.4 Å². The second-order valence-corrected chi connectivity index (χ2v) is 12.0. The number of ketones is 1. The third-order valence-electron chi connectivity index (χ3n) is 7.15. The van der Waals surface area contributed by atoms with Crippen LogP contribution in [-0.2, 0) is 32.0 Å². The molecule has 3 N–H and O–H groups in total. The first-order valence-electron chi connectivity index (χ1n) is 14.5. The van der Waals surface area contributed by atoms with E-state index in [0.717, 1.165) is 4.90 Å². The maximum Gasteiger partial charge on any atom is 0.290 e. The maximum absolute atomic E-state index is 13.7. The van der Waals surface area contributed by atoms with Gasteiger partial charge in [0, 0.05) is 24.9 Å². The van der Waals surface area contributed by atoms with Crippen molar-refractivity contribution < 1.29 is 33.8 Å². The Balaban J connectivity index is 1.94. The SMILES string of the molecule is CC(C)[C@@H]1NC(=O)[C@@H](NC(=O)C(=O)C(Cc2ccccc2)N(C(=O)[O-])C(C)(C)C)Cc2ccc(cc2)OCCCNC1=O. The van der Waals surface area contributed by atoms with Gasteiger partial charge in [0.25, 0.3) is 5.91 Å². The molecule has 4 rings (SSSR count). The van der Waals surface area contributed by atoms with Crippen LogP contribution in [0, 0.1) is 5.92 Å². The van der Waals surface area contributed by atoms with Gasteiger partial charge in [0.1, 0.15) is 30.0 Å². The van der Waals surface area contributed by atoms with Gasteiger partial charge in [-0.25, -0.2) is 0 Å². The summed E-state index contributed by atoms with van der Waals surface area (Å²) in [5.41, 5.74) is 0.243. The summed E-state index contributed by atoms with van der Waals surface area (Å²) >= 11 is 0. The monoisotopic (exact) mass is 593 g/mol. The second kappa shape index (κ2) is 14.7. The Hall–Kier alpha value is -4.41. The Morgan fingerprint density at radius 1 is 1.02 bits per heavy atom. The van der Waals surface area contributed by atoms with E-state index in [-0.39, 0.29) is 24.7 Å². The van der Waals surface area contributed by atoms with Crippen LogP contribution in [0.3, 0.4) is 0 Å². The molecule has 0 saturated carbocycles. The van der Waals surface area contributed by atoms with Gasteiger partial charge >= 0.3 is 0 Å². The number of rotatable bonds is 7. The Bertz CT molecular complexity index is 1290. The molecule has 1 unspecified atom stereocenters. The van der Waals surface area contributed by atoms with Crippen molar-refractivity contribution >= 4 is 29.6 Å². The first-order valence-corrected chi connectivity index (χ1v) is 14.5. The molecule has 0 saturated heterocycles. The summed E-state index contributed by atoms with van der Waals surface area (Å²) in [6, 6.07) is 12.2. The molecular weight excluding hydrogens is 552 g/mol. The standard InChI is InChI=1S/C32H42N4O7/c1-20(2)26-29(39)33-16-9-17-43-23-14-12-22(13-15-23)18-24(28(38)35-26)34-30(40)27(37)25(19-21-10-7-6-8-11-21)36(31(41)42)32(3,4)5/h6-8,10-15,20,24-26H,9,16-19H2,1-5H3,(H,33,39)(H,34,40)(H,35,38)(H,41,42)/p-1/t24-,25?,26-/m0/s1. The highest BCUT2D eigenvalue weighted by Crippen LogP contribution is 2.21. The van der Waals surface area contributed by atoms with E-state index < -0.39 is 47.4 Å². The van der Waals surface area contributed by atoms with Crippen molar-refractivity contribution in [3.63, 3.8) is 0 Å². The number of benzene rings is 2. The summed E-state index contributed by atoms with van der Waals surface area (Å²) < 4.78 is 5.73. The summed E-state index contributed by atoms with van der Waals surface area (Å²) in [7, 11) is 0. The van der Waals surface area contributed by atoms with Crippen LogP contribution in [0.2, 0.25) is 0 Å². The van der Waals surface area contributed by atoms with Crippen molar-refractivity contribution in [3.05, 3.63) is 65.7 Å². The molecule has 2 aromatic carbocycles. The van der Waals surface area contributed by atoms with E-state index in [4.69, 9.17) is 4.74 Å². The molecular formula is C32H41N4O7-. The fourth-order valence-corrected chi connectivity index (χ4v) is 4.93. The van der Waals surface area contributed by atoms with Gasteiger partial charge in [0.05, 0.1) is 6.61 Å². The normalized spacial score (nSPS) is 18.7. The number of hydrogen-bond donors (Lipinski definition) is 3. The summed E-state index contributed by atoms with van der Waals surface area (Å²) in [5, 5.41) is 20.3. The van der Waals surface area contributed by atoms with Crippen molar-refractivity contribution in [3.8, 4) is 5.75 Å². The molecule has 0 fully saturated rings. The van der Waals surface area contributed by atoms with Gasteiger partial charge in [0.15, 0.2) is 0 Å². The predicted molar refractivity (Wildman–Crippen MR) is 158 cm³/mol. The molecule has 0 aromatic heterocycles. The van der Waals surface area contributed by atoms with Crippen molar-refractivity contribution in [2.45, 2.75) is 77.5 Å². The lowest BCUT2D eigenvalue weighted by Crippen LogP contribution is -2.62. The predicted octanol–water partition coefficient (Wildman–Crippen LogP) is 1.38. The molecule has 2 heterocycles. The molecule has 11 nitrogen and oxygen atoms in total. The van der Waals surface area contributed by atoms with Gasteiger partial charge in [-0.2, -0.15) is 0 Å². The number of amides is 4. The van der Waals surface area contributed by atoms with Gasteiger partial charge in [-0.05, 0) is 56.4 Å². The average molecular weight is 594 g/mol. The summed E-state index contributed by atoms with van der Waals surface area (Å²) in [5.74, 6) is -2.85. The number of carboxylic acid groups (broad SMARTS) is 1. The van der Waals surface area contributed by atoms with Crippen LogP contribution < -0.4 is 25.8 Å². The van der Waals surface area contributed by atoms with E-state index in [1.807, 2.05) is 0 Å². The zero-order valence-corrected chi connectivity index (χ0v) is 25.3. The van der Waals surface area contributed by atoms with Crippen LogP contribution >= 0.6 is 0 Å². The average Bonchev–Trinajstić information content (AvgIpc) is 2.94. The highest BCUT2D eigenvalue weighted by Gasteiger charge is 2.38. The van der Waals surface area contributed by atoms with E-state index in [2.05, 4.69) is 16.0 Å². The number of fused-ring (bicyclic) bond motifs is 12. The third kappa shape index (κ3) is 9.29. The third-order valence-corrected chi connectivity index (χ3v) is 7.15. The lowest BCUT2D eigenvalue weighted by atomic mass is 9.95.